The molecule has 0 amide bonds. The summed E-state index contributed by atoms with van der Waals surface area (Å²) in [6.45, 7) is 0.540. The highest BCUT2D eigenvalue weighted by Gasteiger charge is 2.06. The van der Waals surface area contributed by atoms with Crippen molar-refractivity contribution in [2.75, 3.05) is 13.7 Å². The van der Waals surface area contributed by atoms with Crippen LogP contribution in [0.15, 0.2) is 18.5 Å². The number of rotatable bonds is 4. The van der Waals surface area contributed by atoms with Crippen molar-refractivity contribution in [1.29, 1.82) is 0 Å². The quantitative estimate of drug-likeness (QED) is 0.796. The van der Waals surface area contributed by atoms with Crippen molar-refractivity contribution < 1.29 is 4.74 Å². The van der Waals surface area contributed by atoms with Gasteiger partial charge in [-0.2, -0.15) is 0 Å². The van der Waals surface area contributed by atoms with E-state index in [9.17, 15) is 0 Å². The molecule has 13 heavy (non-hydrogen) atoms. The van der Waals surface area contributed by atoms with Crippen LogP contribution in [0.1, 0.15) is 5.56 Å². The first-order valence-electron chi connectivity index (χ1n) is 4.07. The van der Waals surface area contributed by atoms with Crippen LogP contribution in [0.3, 0.4) is 0 Å². The van der Waals surface area contributed by atoms with Gasteiger partial charge in [0.25, 0.3) is 0 Å². The molecule has 0 aromatic carbocycles. The summed E-state index contributed by atoms with van der Waals surface area (Å²) in [5.74, 6) is 0. The summed E-state index contributed by atoms with van der Waals surface area (Å²) in [5, 5.41) is 0.661. The summed E-state index contributed by atoms with van der Waals surface area (Å²) >= 11 is 5.91. The van der Waals surface area contributed by atoms with Crippen LogP contribution in [-0.4, -0.2) is 24.7 Å². The van der Waals surface area contributed by atoms with Crippen molar-refractivity contribution in [3.05, 3.63) is 29.0 Å². The van der Waals surface area contributed by atoms with Gasteiger partial charge in [0.05, 0.1) is 11.6 Å². The van der Waals surface area contributed by atoms with E-state index >= 15 is 0 Å². The highest BCUT2D eigenvalue weighted by Crippen LogP contribution is 2.14. The maximum Gasteiger partial charge on any atom is 0.0621 e. The lowest BCUT2D eigenvalue weighted by molar-refractivity contribution is 0.180. The predicted molar refractivity (Wildman–Crippen MR) is 52.8 cm³/mol. The maximum atomic E-state index is 5.91. The van der Waals surface area contributed by atoms with Gasteiger partial charge in [-0.15, -0.1) is 0 Å². The topological polar surface area (TPSA) is 48.1 Å². The Morgan fingerprint density at radius 3 is 3.08 bits per heavy atom. The predicted octanol–water partition coefficient (Wildman–Crippen LogP) is 1.25. The van der Waals surface area contributed by atoms with E-state index in [1.54, 1.807) is 19.5 Å². The third kappa shape index (κ3) is 3.30. The first-order valence-corrected chi connectivity index (χ1v) is 4.44. The fourth-order valence-corrected chi connectivity index (χ4v) is 1.32. The molecule has 0 aliphatic carbocycles. The molecule has 1 atom stereocenters. The second-order valence-corrected chi connectivity index (χ2v) is 3.29. The Kier molecular flexibility index (Phi) is 4.15. The minimum Gasteiger partial charge on any atom is -0.383 e. The lowest BCUT2D eigenvalue weighted by Gasteiger charge is -2.10. The monoisotopic (exact) mass is 200 g/mol. The van der Waals surface area contributed by atoms with Gasteiger partial charge in [-0.25, -0.2) is 0 Å². The first kappa shape index (κ1) is 10.4. The fraction of sp³-hybridized carbons (Fsp3) is 0.444. The summed E-state index contributed by atoms with van der Waals surface area (Å²) in [6, 6.07) is 1.86. The van der Waals surface area contributed by atoms with Crippen LogP contribution in [0.4, 0.5) is 0 Å². The number of hydrogen-bond acceptors (Lipinski definition) is 3. The summed E-state index contributed by atoms with van der Waals surface area (Å²) < 4.78 is 4.93. The zero-order valence-electron chi connectivity index (χ0n) is 7.53. The number of halogens is 1. The summed E-state index contributed by atoms with van der Waals surface area (Å²) in [6.07, 6.45) is 4.05. The molecule has 1 aromatic heterocycles. The number of hydrogen-bond donors (Lipinski definition) is 1. The average Bonchev–Trinajstić information content (AvgIpc) is 2.09. The number of methoxy groups -OCH3 is 1. The summed E-state index contributed by atoms with van der Waals surface area (Å²) in [5.41, 5.74) is 6.80. The number of ether oxygens (including phenoxy) is 1. The molecule has 2 N–H and O–H groups in total. The van der Waals surface area contributed by atoms with Gasteiger partial charge in [-0.3, -0.25) is 4.98 Å². The van der Waals surface area contributed by atoms with Gasteiger partial charge in [0, 0.05) is 25.5 Å². The van der Waals surface area contributed by atoms with E-state index in [1.165, 1.54) is 0 Å². The van der Waals surface area contributed by atoms with Crippen LogP contribution < -0.4 is 5.73 Å². The molecule has 0 saturated carbocycles. The molecule has 0 radical (unpaired) electrons. The van der Waals surface area contributed by atoms with Crippen molar-refractivity contribution in [1.82, 2.24) is 4.98 Å². The summed E-state index contributed by atoms with van der Waals surface area (Å²) in [7, 11) is 1.63. The Labute approximate surface area is 82.9 Å². The third-order valence-electron chi connectivity index (χ3n) is 1.72. The Balaban J connectivity index is 2.58. The van der Waals surface area contributed by atoms with Crippen LogP contribution >= 0.6 is 11.6 Å². The van der Waals surface area contributed by atoms with Crippen LogP contribution in [-0.2, 0) is 11.2 Å². The molecule has 1 aromatic rings. The number of nitrogens with two attached hydrogens (primary N) is 1. The molecule has 3 nitrogen and oxygen atoms in total. The van der Waals surface area contributed by atoms with E-state index in [0.29, 0.717) is 11.6 Å². The third-order valence-corrected chi connectivity index (χ3v) is 2.06. The van der Waals surface area contributed by atoms with Crippen molar-refractivity contribution in [3.8, 4) is 0 Å². The van der Waals surface area contributed by atoms with Crippen molar-refractivity contribution >= 4 is 11.6 Å². The lowest BCUT2D eigenvalue weighted by Crippen LogP contribution is -2.28. The SMILES string of the molecule is COCC(N)Cc1ccncc1Cl. The van der Waals surface area contributed by atoms with Gasteiger partial charge in [-0.05, 0) is 18.1 Å². The highest BCUT2D eigenvalue weighted by molar-refractivity contribution is 6.31. The zero-order valence-corrected chi connectivity index (χ0v) is 8.29. The van der Waals surface area contributed by atoms with Gasteiger partial charge in [0.2, 0.25) is 0 Å². The van der Waals surface area contributed by atoms with E-state index in [4.69, 9.17) is 22.1 Å². The van der Waals surface area contributed by atoms with Crippen LogP contribution in [0.5, 0.6) is 0 Å². The fourth-order valence-electron chi connectivity index (χ4n) is 1.13. The maximum absolute atomic E-state index is 5.91. The molecule has 4 heteroatoms. The largest absolute Gasteiger partial charge is 0.383 e. The van der Waals surface area contributed by atoms with E-state index in [0.717, 1.165) is 12.0 Å². The number of pyridine rings is 1. The molecule has 0 saturated heterocycles. The Bertz CT molecular complexity index is 268. The Morgan fingerprint density at radius 1 is 1.69 bits per heavy atom. The zero-order chi connectivity index (χ0) is 9.68. The molecule has 1 unspecified atom stereocenters. The van der Waals surface area contributed by atoms with Crippen LogP contribution in [0.2, 0.25) is 5.02 Å². The smallest absolute Gasteiger partial charge is 0.0621 e. The number of aromatic nitrogens is 1. The van der Waals surface area contributed by atoms with Gasteiger partial charge in [0.1, 0.15) is 0 Å². The van der Waals surface area contributed by atoms with Crippen LogP contribution in [0, 0.1) is 0 Å². The van der Waals surface area contributed by atoms with Crippen molar-refractivity contribution in [2.45, 2.75) is 12.5 Å². The molecule has 0 spiro atoms. The van der Waals surface area contributed by atoms with Gasteiger partial charge in [-0.1, -0.05) is 11.6 Å². The summed E-state index contributed by atoms with van der Waals surface area (Å²) in [4.78, 5) is 3.89. The van der Waals surface area contributed by atoms with E-state index in [1.807, 2.05) is 6.07 Å². The van der Waals surface area contributed by atoms with Crippen LogP contribution in [0.25, 0.3) is 0 Å². The Morgan fingerprint density at radius 2 is 2.46 bits per heavy atom. The minimum atomic E-state index is -0.00935. The molecule has 0 aliphatic rings. The molecule has 0 bridgehead atoms. The molecule has 72 valence electrons. The highest BCUT2D eigenvalue weighted by atomic mass is 35.5. The molecule has 0 aliphatic heterocycles. The molecule has 1 heterocycles. The lowest BCUT2D eigenvalue weighted by atomic mass is 10.1. The Hall–Kier alpha value is -0.640. The molecular weight excluding hydrogens is 188 g/mol. The van der Waals surface area contributed by atoms with Crippen molar-refractivity contribution in [2.24, 2.45) is 5.73 Å². The molecule has 0 fully saturated rings. The van der Waals surface area contributed by atoms with E-state index < -0.39 is 0 Å². The standard InChI is InChI=1S/C9H13ClN2O/c1-13-6-8(11)4-7-2-3-12-5-9(7)10/h2-3,5,8H,4,6,11H2,1H3. The van der Waals surface area contributed by atoms with Gasteiger partial charge >= 0.3 is 0 Å². The van der Waals surface area contributed by atoms with Crippen molar-refractivity contribution in [3.63, 3.8) is 0 Å². The molecule has 1 rings (SSSR count). The first-order chi connectivity index (χ1) is 6.24. The minimum absolute atomic E-state index is 0.00935. The van der Waals surface area contributed by atoms with E-state index in [2.05, 4.69) is 4.98 Å². The number of nitrogens with zero attached hydrogens (tertiary/aromatic N) is 1. The normalized spacial score (nSPS) is 12.8. The molecular formula is C9H13ClN2O. The average molecular weight is 201 g/mol. The second kappa shape index (κ2) is 5.17. The van der Waals surface area contributed by atoms with Gasteiger partial charge < -0.3 is 10.5 Å². The van der Waals surface area contributed by atoms with E-state index in [-0.39, 0.29) is 6.04 Å². The van der Waals surface area contributed by atoms with Gasteiger partial charge in [0.15, 0.2) is 0 Å². The second-order valence-electron chi connectivity index (χ2n) is 2.89.